The van der Waals surface area contributed by atoms with Crippen molar-refractivity contribution in [3.05, 3.63) is 58.7 Å². The monoisotopic (exact) mass is 335 g/mol. The first kappa shape index (κ1) is 17.4. The summed E-state index contributed by atoms with van der Waals surface area (Å²) in [6.07, 6.45) is 7.61. The molecule has 0 N–H and O–H groups in total. The fraction of sp³-hybridized carbons (Fsp3) is 0.409. The van der Waals surface area contributed by atoms with E-state index in [0.29, 0.717) is 0 Å². The van der Waals surface area contributed by atoms with Gasteiger partial charge in [-0.25, -0.2) is 0 Å². The highest BCUT2D eigenvalue weighted by atomic mass is 16.5. The van der Waals surface area contributed by atoms with Crippen molar-refractivity contribution in [2.75, 3.05) is 13.7 Å². The first-order valence-corrected chi connectivity index (χ1v) is 9.12. The third-order valence-corrected chi connectivity index (χ3v) is 4.86. The number of aryl methyl sites for hydroxylation is 1. The number of hydrogen-bond acceptors (Lipinski definition) is 3. The highest BCUT2D eigenvalue weighted by Gasteiger charge is 2.19. The fourth-order valence-corrected chi connectivity index (χ4v) is 3.53. The number of rotatable bonds is 8. The van der Waals surface area contributed by atoms with E-state index >= 15 is 0 Å². The highest BCUT2D eigenvalue weighted by molar-refractivity contribution is 5.52. The molecule has 0 radical (unpaired) electrons. The van der Waals surface area contributed by atoms with E-state index in [-0.39, 0.29) is 0 Å². The molecule has 25 heavy (non-hydrogen) atoms. The van der Waals surface area contributed by atoms with E-state index in [1.54, 1.807) is 7.11 Å². The molecule has 130 valence electrons. The second-order valence-corrected chi connectivity index (χ2v) is 6.54. The van der Waals surface area contributed by atoms with Crippen LogP contribution in [0.1, 0.15) is 47.9 Å². The van der Waals surface area contributed by atoms with Gasteiger partial charge in [0.15, 0.2) is 0 Å². The maximum atomic E-state index is 9.19. The summed E-state index contributed by atoms with van der Waals surface area (Å²) in [6.45, 7) is 0.746. The van der Waals surface area contributed by atoms with Crippen molar-refractivity contribution in [2.45, 2.75) is 44.9 Å². The SMILES string of the molecule is COc1cccc(CCCCCOc2ccc(C#N)c3c2CCC3)c1. The van der Waals surface area contributed by atoms with Gasteiger partial charge in [-0.3, -0.25) is 0 Å². The van der Waals surface area contributed by atoms with Crippen LogP contribution in [-0.2, 0) is 19.3 Å². The molecule has 3 nitrogen and oxygen atoms in total. The fourth-order valence-electron chi connectivity index (χ4n) is 3.53. The molecular formula is C22H25NO2. The van der Waals surface area contributed by atoms with Crippen molar-refractivity contribution in [3.63, 3.8) is 0 Å². The van der Waals surface area contributed by atoms with Crippen LogP contribution in [-0.4, -0.2) is 13.7 Å². The largest absolute Gasteiger partial charge is 0.497 e. The van der Waals surface area contributed by atoms with Gasteiger partial charge in [0.05, 0.1) is 25.3 Å². The molecule has 0 saturated carbocycles. The Morgan fingerprint density at radius 2 is 1.92 bits per heavy atom. The van der Waals surface area contributed by atoms with Crippen molar-refractivity contribution in [1.82, 2.24) is 0 Å². The van der Waals surface area contributed by atoms with Crippen molar-refractivity contribution in [3.8, 4) is 17.6 Å². The van der Waals surface area contributed by atoms with Gasteiger partial charge in [-0.2, -0.15) is 5.26 Å². The molecule has 0 aliphatic heterocycles. The predicted octanol–water partition coefficient (Wildman–Crippen LogP) is 4.85. The molecule has 1 aliphatic carbocycles. The Labute approximate surface area is 150 Å². The van der Waals surface area contributed by atoms with Gasteiger partial charge >= 0.3 is 0 Å². The average molecular weight is 335 g/mol. The van der Waals surface area contributed by atoms with Crippen LogP contribution in [0.5, 0.6) is 11.5 Å². The second kappa shape index (κ2) is 8.58. The van der Waals surface area contributed by atoms with Crippen molar-refractivity contribution in [1.29, 1.82) is 5.26 Å². The van der Waals surface area contributed by atoms with Gasteiger partial charge in [-0.05, 0) is 85.9 Å². The summed E-state index contributed by atoms with van der Waals surface area (Å²) in [5.74, 6) is 1.91. The van der Waals surface area contributed by atoms with E-state index in [0.717, 1.165) is 68.6 Å². The molecule has 0 aromatic heterocycles. The van der Waals surface area contributed by atoms with Gasteiger partial charge in [-0.15, -0.1) is 0 Å². The molecule has 3 heteroatoms. The van der Waals surface area contributed by atoms with Crippen LogP contribution in [0.3, 0.4) is 0 Å². The number of methoxy groups -OCH3 is 1. The van der Waals surface area contributed by atoms with Crippen LogP contribution in [0.4, 0.5) is 0 Å². The Morgan fingerprint density at radius 1 is 1.04 bits per heavy atom. The molecule has 2 aromatic rings. The minimum atomic E-state index is 0.746. The van der Waals surface area contributed by atoms with Crippen LogP contribution < -0.4 is 9.47 Å². The normalized spacial score (nSPS) is 12.5. The quantitative estimate of drug-likeness (QED) is 0.648. The Hall–Kier alpha value is -2.47. The van der Waals surface area contributed by atoms with E-state index in [1.165, 1.54) is 16.7 Å². The first-order valence-electron chi connectivity index (χ1n) is 9.12. The molecule has 0 heterocycles. The van der Waals surface area contributed by atoms with Crippen molar-refractivity contribution < 1.29 is 9.47 Å². The van der Waals surface area contributed by atoms with E-state index in [1.807, 2.05) is 24.3 Å². The average Bonchev–Trinajstić information content (AvgIpc) is 3.15. The zero-order chi connectivity index (χ0) is 17.5. The van der Waals surface area contributed by atoms with Crippen LogP contribution in [0, 0.1) is 11.3 Å². The van der Waals surface area contributed by atoms with Crippen molar-refractivity contribution >= 4 is 0 Å². The van der Waals surface area contributed by atoms with Crippen LogP contribution in [0.2, 0.25) is 0 Å². The Bertz CT molecular complexity index is 761. The lowest BCUT2D eigenvalue weighted by molar-refractivity contribution is 0.302. The zero-order valence-electron chi connectivity index (χ0n) is 14.9. The third-order valence-electron chi connectivity index (χ3n) is 4.86. The van der Waals surface area contributed by atoms with Gasteiger partial charge < -0.3 is 9.47 Å². The van der Waals surface area contributed by atoms with Gasteiger partial charge in [0.25, 0.3) is 0 Å². The lowest BCUT2D eigenvalue weighted by Gasteiger charge is -2.12. The summed E-state index contributed by atoms with van der Waals surface area (Å²) in [4.78, 5) is 0. The number of ether oxygens (including phenoxy) is 2. The molecule has 0 fully saturated rings. The van der Waals surface area contributed by atoms with E-state index in [9.17, 15) is 5.26 Å². The molecule has 0 bridgehead atoms. The zero-order valence-corrected chi connectivity index (χ0v) is 14.9. The van der Waals surface area contributed by atoms with Gasteiger partial charge in [0.2, 0.25) is 0 Å². The molecule has 2 aromatic carbocycles. The molecule has 0 amide bonds. The molecule has 0 spiro atoms. The van der Waals surface area contributed by atoms with E-state index < -0.39 is 0 Å². The first-order chi connectivity index (χ1) is 12.3. The number of unbranched alkanes of at least 4 members (excludes halogenated alkanes) is 2. The summed E-state index contributed by atoms with van der Waals surface area (Å²) < 4.78 is 11.3. The molecule has 0 atom stereocenters. The standard InChI is InChI=1S/C22H25NO2/c1-24-19-9-5-8-17(15-19)7-3-2-4-14-25-22-13-12-18(16-23)20-10-6-11-21(20)22/h5,8-9,12-13,15H,2-4,6-7,10-11,14H2,1H3. The van der Waals surface area contributed by atoms with E-state index in [2.05, 4.69) is 18.2 Å². The number of fused-ring (bicyclic) bond motifs is 1. The number of nitrogens with zero attached hydrogens (tertiary/aromatic N) is 1. The maximum absolute atomic E-state index is 9.19. The van der Waals surface area contributed by atoms with Crippen LogP contribution >= 0.6 is 0 Å². The van der Waals surface area contributed by atoms with Crippen LogP contribution in [0.25, 0.3) is 0 Å². The minimum Gasteiger partial charge on any atom is -0.497 e. The van der Waals surface area contributed by atoms with Gasteiger partial charge in [-0.1, -0.05) is 12.1 Å². The minimum absolute atomic E-state index is 0.746. The lowest BCUT2D eigenvalue weighted by Crippen LogP contribution is -2.01. The summed E-state index contributed by atoms with van der Waals surface area (Å²) in [6, 6.07) is 14.5. The Morgan fingerprint density at radius 3 is 2.76 bits per heavy atom. The maximum Gasteiger partial charge on any atom is 0.122 e. The topological polar surface area (TPSA) is 42.2 Å². The Balaban J connectivity index is 1.42. The van der Waals surface area contributed by atoms with Gasteiger partial charge in [0.1, 0.15) is 11.5 Å². The predicted molar refractivity (Wildman–Crippen MR) is 99.2 cm³/mol. The summed E-state index contributed by atoms with van der Waals surface area (Å²) in [7, 11) is 1.70. The van der Waals surface area contributed by atoms with Crippen LogP contribution in [0.15, 0.2) is 36.4 Å². The summed E-state index contributed by atoms with van der Waals surface area (Å²) in [5, 5.41) is 9.19. The number of benzene rings is 2. The molecular weight excluding hydrogens is 310 g/mol. The number of nitriles is 1. The molecule has 3 rings (SSSR count). The second-order valence-electron chi connectivity index (χ2n) is 6.54. The highest BCUT2D eigenvalue weighted by Crippen LogP contribution is 2.33. The van der Waals surface area contributed by atoms with E-state index in [4.69, 9.17) is 9.47 Å². The molecule has 0 unspecified atom stereocenters. The lowest BCUT2D eigenvalue weighted by atomic mass is 10.0. The molecule has 0 saturated heterocycles. The smallest absolute Gasteiger partial charge is 0.122 e. The molecule has 1 aliphatic rings. The summed E-state index contributed by atoms with van der Waals surface area (Å²) >= 11 is 0. The summed E-state index contributed by atoms with van der Waals surface area (Å²) in [5.41, 5.74) is 4.61. The Kier molecular flexibility index (Phi) is 5.95. The number of hydrogen-bond donors (Lipinski definition) is 0. The van der Waals surface area contributed by atoms with Gasteiger partial charge in [0, 0.05) is 0 Å². The van der Waals surface area contributed by atoms with Crippen molar-refractivity contribution in [2.24, 2.45) is 0 Å². The third kappa shape index (κ3) is 4.33.